The third kappa shape index (κ3) is 1.92. The van der Waals surface area contributed by atoms with Gasteiger partial charge in [0.2, 0.25) is 0 Å². The predicted molar refractivity (Wildman–Crippen MR) is 57.8 cm³/mol. The monoisotopic (exact) mass is 309 g/mol. The first-order chi connectivity index (χ1) is 7.78. The maximum atomic E-state index is 12.8. The number of halogens is 4. The Hall–Kier alpha value is -1.11. The van der Waals surface area contributed by atoms with Gasteiger partial charge in [-0.1, -0.05) is 6.07 Å². The standard InChI is InChI=1S/C10H7BrF3NO2/c11-7-2-1-6(5-8(7)15(16)17)9(3-4-9)10(12,13)14/h1-2,5H,3-4H2. The number of nitro benzene ring substituents is 1. The van der Waals surface area contributed by atoms with Gasteiger partial charge in [0, 0.05) is 6.07 Å². The molecule has 0 spiro atoms. The number of hydrogen-bond acceptors (Lipinski definition) is 2. The Kier molecular flexibility index (Phi) is 2.68. The highest BCUT2D eigenvalue weighted by Gasteiger charge is 2.64. The number of rotatable bonds is 2. The van der Waals surface area contributed by atoms with Crippen molar-refractivity contribution in [3.05, 3.63) is 38.3 Å². The van der Waals surface area contributed by atoms with E-state index in [1.165, 1.54) is 12.1 Å². The summed E-state index contributed by atoms with van der Waals surface area (Å²) < 4.78 is 38.7. The zero-order valence-electron chi connectivity index (χ0n) is 8.42. The van der Waals surface area contributed by atoms with Crippen LogP contribution < -0.4 is 0 Å². The largest absolute Gasteiger partial charge is 0.398 e. The topological polar surface area (TPSA) is 43.1 Å². The van der Waals surface area contributed by atoms with Crippen LogP contribution in [0.15, 0.2) is 22.7 Å². The lowest BCUT2D eigenvalue weighted by Crippen LogP contribution is -2.28. The van der Waals surface area contributed by atoms with E-state index in [0.717, 1.165) is 6.07 Å². The van der Waals surface area contributed by atoms with E-state index >= 15 is 0 Å². The fourth-order valence-corrected chi connectivity index (χ4v) is 2.20. The molecule has 0 aromatic heterocycles. The van der Waals surface area contributed by atoms with Crippen LogP contribution in [0.4, 0.5) is 18.9 Å². The van der Waals surface area contributed by atoms with Crippen LogP contribution in [0, 0.1) is 10.1 Å². The van der Waals surface area contributed by atoms with Crippen LogP contribution in [-0.2, 0) is 5.41 Å². The molecule has 0 unspecified atom stereocenters. The van der Waals surface area contributed by atoms with Gasteiger partial charge in [0.1, 0.15) is 0 Å². The van der Waals surface area contributed by atoms with Crippen LogP contribution in [-0.4, -0.2) is 11.1 Å². The first kappa shape index (κ1) is 12.3. The molecule has 1 aromatic carbocycles. The van der Waals surface area contributed by atoms with Crippen LogP contribution in [0.25, 0.3) is 0 Å². The molecule has 0 N–H and O–H groups in total. The summed E-state index contributed by atoms with van der Waals surface area (Å²) in [6, 6.07) is 3.58. The lowest BCUT2D eigenvalue weighted by molar-refractivity contribution is -0.385. The van der Waals surface area contributed by atoms with Crippen molar-refractivity contribution in [3.8, 4) is 0 Å². The fraction of sp³-hybridized carbons (Fsp3) is 0.400. The number of hydrogen-bond donors (Lipinski definition) is 0. The molecule has 0 atom stereocenters. The van der Waals surface area contributed by atoms with Crippen molar-refractivity contribution in [2.24, 2.45) is 0 Å². The van der Waals surface area contributed by atoms with E-state index < -0.39 is 16.5 Å². The van der Waals surface area contributed by atoms with Gasteiger partial charge in [-0.15, -0.1) is 0 Å². The second-order valence-electron chi connectivity index (χ2n) is 4.00. The van der Waals surface area contributed by atoms with E-state index in [-0.39, 0.29) is 28.6 Å². The molecular formula is C10H7BrF3NO2. The molecular weight excluding hydrogens is 303 g/mol. The minimum absolute atomic E-state index is 0.00468. The maximum absolute atomic E-state index is 12.8. The molecule has 1 aliphatic carbocycles. The average molecular weight is 310 g/mol. The van der Waals surface area contributed by atoms with Crippen LogP contribution in [0.2, 0.25) is 0 Å². The molecule has 3 nitrogen and oxygen atoms in total. The molecule has 1 saturated carbocycles. The summed E-state index contributed by atoms with van der Waals surface area (Å²) >= 11 is 2.95. The molecule has 1 aliphatic rings. The summed E-state index contributed by atoms with van der Waals surface area (Å²) in [6.45, 7) is 0. The van der Waals surface area contributed by atoms with Crippen molar-refractivity contribution < 1.29 is 18.1 Å². The minimum Gasteiger partial charge on any atom is -0.258 e. The lowest BCUT2D eigenvalue weighted by Gasteiger charge is -2.19. The van der Waals surface area contributed by atoms with Crippen LogP contribution >= 0.6 is 15.9 Å². The van der Waals surface area contributed by atoms with Crippen LogP contribution in [0.5, 0.6) is 0 Å². The number of alkyl halides is 3. The summed E-state index contributed by atoms with van der Waals surface area (Å²) in [5.41, 5.74) is -2.24. The molecule has 92 valence electrons. The van der Waals surface area contributed by atoms with Gasteiger partial charge in [-0.3, -0.25) is 10.1 Å². The number of nitro groups is 1. The quantitative estimate of drug-likeness (QED) is 0.613. The molecule has 0 amide bonds. The zero-order valence-corrected chi connectivity index (χ0v) is 10.0. The molecule has 0 radical (unpaired) electrons. The van der Waals surface area contributed by atoms with Gasteiger partial charge in [0.25, 0.3) is 5.69 Å². The van der Waals surface area contributed by atoms with Gasteiger partial charge in [0.05, 0.1) is 14.8 Å². The molecule has 1 fully saturated rings. The molecule has 17 heavy (non-hydrogen) atoms. The lowest BCUT2D eigenvalue weighted by atomic mass is 9.95. The number of nitrogens with zero attached hydrogens (tertiary/aromatic N) is 1. The van der Waals surface area contributed by atoms with Crippen molar-refractivity contribution in [1.29, 1.82) is 0 Å². The zero-order chi connectivity index (χ0) is 12.8. The molecule has 2 rings (SSSR count). The van der Waals surface area contributed by atoms with E-state index in [2.05, 4.69) is 15.9 Å². The Morgan fingerprint density at radius 2 is 1.94 bits per heavy atom. The molecule has 0 bridgehead atoms. The Morgan fingerprint density at radius 1 is 1.35 bits per heavy atom. The van der Waals surface area contributed by atoms with Crippen molar-refractivity contribution in [2.75, 3.05) is 0 Å². The van der Waals surface area contributed by atoms with Gasteiger partial charge in [-0.25, -0.2) is 0 Å². The van der Waals surface area contributed by atoms with E-state index in [1.807, 2.05) is 0 Å². The van der Waals surface area contributed by atoms with Gasteiger partial charge < -0.3 is 0 Å². The van der Waals surface area contributed by atoms with E-state index in [1.54, 1.807) is 0 Å². The van der Waals surface area contributed by atoms with Gasteiger partial charge in [0.15, 0.2) is 0 Å². The fourth-order valence-electron chi connectivity index (χ4n) is 1.81. The van der Waals surface area contributed by atoms with Gasteiger partial charge >= 0.3 is 6.18 Å². The Morgan fingerprint density at radius 3 is 2.35 bits per heavy atom. The maximum Gasteiger partial charge on any atom is 0.398 e. The smallest absolute Gasteiger partial charge is 0.258 e. The Balaban J connectivity index is 2.48. The molecule has 0 heterocycles. The highest BCUT2D eigenvalue weighted by Crippen LogP contribution is 2.59. The highest BCUT2D eigenvalue weighted by atomic mass is 79.9. The molecule has 7 heteroatoms. The van der Waals surface area contributed by atoms with Gasteiger partial charge in [-0.05, 0) is 40.4 Å². The average Bonchev–Trinajstić information content (AvgIpc) is 2.97. The van der Waals surface area contributed by atoms with E-state index in [0.29, 0.717) is 0 Å². The summed E-state index contributed by atoms with van der Waals surface area (Å²) in [6.07, 6.45) is -4.36. The normalized spacial score (nSPS) is 17.9. The predicted octanol–water partition coefficient (Wildman–Crippen LogP) is 3.95. The third-order valence-corrected chi connectivity index (χ3v) is 3.66. The van der Waals surface area contributed by atoms with E-state index in [9.17, 15) is 23.3 Å². The Labute approximate surface area is 103 Å². The van der Waals surface area contributed by atoms with E-state index in [4.69, 9.17) is 0 Å². The minimum atomic E-state index is -4.35. The number of benzene rings is 1. The van der Waals surface area contributed by atoms with Crippen molar-refractivity contribution >= 4 is 21.6 Å². The van der Waals surface area contributed by atoms with Crippen molar-refractivity contribution in [2.45, 2.75) is 24.4 Å². The first-order valence-corrected chi connectivity index (χ1v) is 5.58. The second kappa shape index (κ2) is 3.69. The molecule has 0 aliphatic heterocycles. The first-order valence-electron chi connectivity index (χ1n) is 4.79. The summed E-state index contributed by atoms with van der Waals surface area (Å²) in [5.74, 6) is 0. The SMILES string of the molecule is O=[N+]([O-])c1cc(C2(C(F)(F)F)CC2)ccc1Br. The summed E-state index contributed by atoms with van der Waals surface area (Å²) in [7, 11) is 0. The van der Waals surface area contributed by atoms with Crippen molar-refractivity contribution in [3.63, 3.8) is 0 Å². The second-order valence-corrected chi connectivity index (χ2v) is 4.86. The third-order valence-electron chi connectivity index (χ3n) is 2.99. The van der Waals surface area contributed by atoms with Gasteiger partial charge in [-0.2, -0.15) is 13.2 Å². The summed E-state index contributed by atoms with van der Waals surface area (Å²) in [4.78, 5) is 9.97. The summed E-state index contributed by atoms with van der Waals surface area (Å²) in [5, 5.41) is 10.7. The van der Waals surface area contributed by atoms with Crippen molar-refractivity contribution in [1.82, 2.24) is 0 Å². The molecule has 1 aromatic rings. The Bertz CT molecular complexity index is 483. The molecule has 0 saturated heterocycles. The van der Waals surface area contributed by atoms with Crippen LogP contribution in [0.1, 0.15) is 18.4 Å². The highest BCUT2D eigenvalue weighted by molar-refractivity contribution is 9.10. The van der Waals surface area contributed by atoms with Crippen LogP contribution in [0.3, 0.4) is 0 Å².